The molecule has 0 spiro atoms. The van der Waals surface area contributed by atoms with E-state index in [1.54, 1.807) is 24.4 Å². The van der Waals surface area contributed by atoms with E-state index < -0.39 is 6.04 Å². The van der Waals surface area contributed by atoms with E-state index in [0.29, 0.717) is 33.0 Å². The lowest BCUT2D eigenvalue weighted by Gasteiger charge is -2.18. The molecule has 10 nitrogen and oxygen atoms in total. The van der Waals surface area contributed by atoms with Gasteiger partial charge in [0.25, 0.3) is 0 Å². The number of carbonyl (C=O) groups excluding carboxylic acids is 2. The first-order valence-electron chi connectivity index (χ1n) is 12.6. The van der Waals surface area contributed by atoms with Crippen LogP contribution in [0.25, 0.3) is 21.8 Å². The number of phenolic OH excluding ortho intramolecular Hbond substituents is 1. The van der Waals surface area contributed by atoms with Crippen LogP contribution >= 0.6 is 0 Å². The molecule has 4 rings (SSSR count). The second kappa shape index (κ2) is 14.8. The third-order valence-electron chi connectivity index (χ3n) is 5.97. The average Bonchev–Trinajstić information content (AvgIpc) is 3.52. The summed E-state index contributed by atoms with van der Waals surface area (Å²) in [4.78, 5) is 32.4. The first kappa shape index (κ1) is 28.7. The van der Waals surface area contributed by atoms with Crippen molar-refractivity contribution in [1.82, 2.24) is 20.6 Å². The van der Waals surface area contributed by atoms with Gasteiger partial charge >= 0.3 is 0 Å². The highest BCUT2D eigenvalue weighted by Crippen LogP contribution is 2.24. The summed E-state index contributed by atoms with van der Waals surface area (Å²) >= 11 is 0. The standard InChI is InChI=1S/C27H32N4O5.CH4O/c1-2-35-11-12-36-10-9-28-27(34)25(13-18-16-30-24-8-7-20(32)15-22(18)24)31-26(33)14-19-17-29-23-6-4-3-5-21(19)23;1-2/h3-8,15-17,25,29-30,32H,2,9-14H2,1H3,(H,28,34)(H,31,33);2H,1H3. The molecule has 0 saturated carbocycles. The second-order valence-electron chi connectivity index (χ2n) is 8.50. The van der Waals surface area contributed by atoms with Gasteiger partial charge < -0.3 is 40.3 Å². The second-order valence-corrected chi connectivity index (χ2v) is 8.50. The molecule has 2 aromatic heterocycles. The van der Waals surface area contributed by atoms with Gasteiger partial charge in [0.1, 0.15) is 11.8 Å². The van der Waals surface area contributed by atoms with Crippen molar-refractivity contribution in [3.8, 4) is 5.75 Å². The number of H-pyrrole nitrogens is 2. The zero-order valence-electron chi connectivity index (χ0n) is 21.8. The van der Waals surface area contributed by atoms with Crippen LogP contribution < -0.4 is 10.6 Å². The zero-order valence-corrected chi connectivity index (χ0v) is 21.8. The normalized spacial score (nSPS) is 11.7. The molecular weight excluding hydrogens is 488 g/mol. The smallest absolute Gasteiger partial charge is 0.243 e. The lowest BCUT2D eigenvalue weighted by atomic mass is 10.0. The summed E-state index contributed by atoms with van der Waals surface area (Å²) in [5.74, 6) is -0.419. The number of carbonyl (C=O) groups is 2. The van der Waals surface area contributed by atoms with Gasteiger partial charge in [-0.25, -0.2) is 0 Å². The molecule has 10 heteroatoms. The van der Waals surface area contributed by atoms with Crippen LogP contribution in [-0.2, 0) is 31.9 Å². The molecule has 2 amide bonds. The van der Waals surface area contributed by atoms with E-state index in [9.17, 15) is 14.7 Å². The maximum Gasteiger partial charge on any atom is 0.243 e. The molecule has 0 bridgehead atoms. The lowest BCUT2D eigenvalue weighted by molar-refractivity contribution is -0.128. The number of phenols is 1. The maximum atomic E-state index is 13.1. The van der Waals surface area contributed by atoms with Crippen LogP contribution in [0, 0.1) is 0 Å². The van der Waals surface area contributed by atoms with Gasteiger partial charge in [-0.15, -0.1) is 0 Å². The molecule has 0 aliphatic carbocycles. The van der Waals surface area contributed by atoms with Crippen molar-refractivity contribution < 1.29 is 29.3 Å². The Kier molecular flexibility index (Phi) is 11.2. The van der Waals surface area contributed by atoms with E-state index >= 15 is 0 Å². The molecule has 1 atom stereocenters. The number of nitrogens with one attached hydrogen (secondary N) is 4. The van der Waals surface area contributed by atoms with E-state index in [1.165, 1.54) is 0 Å². The zero-order chi connectivity index (χ0) is 27.3. The monoisotopic (exact) mass is 524 g/mol. The number of aliphatic hydroxyl groups excluding tert-OH is 1. The molecule has 4 aromatic rings. The first-order chi connectivity index (χ1) is 18.5. The quantitative estimate of drug-likeness (QED) is 0.148. The van der Waals surface area contributed by atoms with Gasteiger partial charge in [-0.2, -0.15) is 0 Å². The fraction of sp³-hybridized carbons (Fsp3) is 0.357. The summed E-state index contributed by atoms with van der Waals surface area (Å²) in [5.41, 5.74) is 3.48. The molecule has 2 aromatic carbocycles. The number of amides is 2. The van der Waals surface area contributed by atoms with Gasteiger partial charge in [-0.3, -0.25) is 9.59 Å². The summed E-state index contributed by atoms with van der Waals surface area (Å²) in [6, 6.07) is 12.0. The molecule has 0 aliphatic heterocycles. The number of aromatic amines is 2. The number of para-hydroxylation sites is 1. The predicted octanol–water partition coefficient (Wildman–Crippen LogP) is 2.40. The Morgan fingerprint density at radius 2 is 1.63 bits per heavy atom. The Morgan fingerprint density at radius 3 is 2.42 bits per heavy atom. The summed E-state index contributed by atoms with van der Waals surface area (Å²) in [6.07, 6.45) is 4.03. The molecular formula is C28H36N4O6. The molecule has 204 valence electrons. The number of ether oxygens (including phenoxy) is 2. The van der Waals surface area contributed by atoms with E-state index in [-0.39, 0.29) is 30.4 Å². The van der Waals surface area contributed by atoms with Crippen LogP contribution in [-0.4, -0.2) is 78.1 Å². The Labute approximate surface area is 221 Å². The van der Waals surface area contributed by atoms with Crippen molar-refractivity contribution in [3.63, 3.8) is 0 Å². The number of aromatic hydroxyl groups is 1. The number of hydrogen-bond acceptors (Lipinski definition) is 6. The van der Waals surface area contributed by atoms with Crippen molar-refractivity contribution in [1.29, 1.82) is 0 Å². The Bertz CT molecular complexity index is 1320. The number of benzene rings is 2. The van der Waals surface area contributed by atoms with Gasteiger partial charge in [0.2, 0.25) is 11.8 Å². The maximum absolute atomic E-state index is 13.1. The van der Waals surface area contributed by atoms with E-state index in [4.69, 9.17) is 14.6 Å². The van der Waals surface area contributed by atoms with Crippen molar-refractivity contribution in [2.75, 3.05) is 40.1 Å². The Balaban J connectivity index is 0.00000195. The van der Waals surface area contributed by atoms with Gasteiger partial charge in [-0.05, 0) is 42.3 Å². The lowest BCUT2D eigenvalue weighted by Crippen LogP contribution is -2.49. The Morgan fingerprint density at radius 1 is 0.921 bits per heavy atom. The molecule has 38 heavy (non-hydrogen) atoms. The van der Waals surface area contributed by atoms with Crippen LogP contribution in [0.1, 0.15) is 18.1 Å². The number of hydrogen-bond donors (Lipinski definition) is 6. The van der Waals surface area contributed by atoms with Crippen LogP contribution in [0.2, 0.25) is 0 Å². The highest BCUT2D eigenvalue weighted by Gasteiger charge is 2.23. The number of rotatable bonds is 13. The fourth-order valence-corrected chi connectivity index (χ4v) is 4.19. The molecule has 0 aliphatic rings. The van der Waals surface area contributed by atoms with Gasteiger partial charge in [0.15, 0.2) is 0 Å². The van der Waals surface area contributed by atoms with E-state index in [0.717, 1.165) is 40.0 Å². The topological polar surface area (TPSA) is 149 Å². The van der Waals surface area contributed by atoms with Crippen LogP contribution in [0.15, 0.2) is 54.9 Å². The van der Waals surface area contributed by atoms with Gasteiger partial charge in [0.05, 0.1) is 26.2 Å². The minimum Gasteiger partial charge on any atom is -0.508 e. The molecule has 0 saturated heterocycles. The fourth-order valence-electron chi connectivity index (χ4n) is 4.19. The van der Waals surface area contributed by atoms with Crippen molar-refractivity contribution in [2.45, 2.75) is 25.8 Å². The molecule has 0 radical (unpaired) electrons. The molecule has 1 unspecified atom stereocenters. The van der Waals surface area contributed by atoms with Crippen molar-refractivity contribution in [3.05, 3.63) is 66.0 Å². The third kappa shape index (κ3) is 7.82. The van der Waals surface area contributed by atoms with Crippen LogP contribution in [0.5, 0.6) is 5.75 Å². The molecule has 0 fully saturated rings. The first-order valence-corrected chi connectivity index (χ1v) is 12.6. The largest absolute Gasteiger partial charge is 0.508 e. The number of aliphatic hydroxyl groups is 1. The minimum absolute atomic E-state index is 0.136. The van der Waals surface area contributed by atoms with Crippen molar-refractivity contribution >= 4 is 33.6 Å². The third-order valence-corrected chi connectivity index (χ3v) is 5.97. The number of aromatic nitrogens is 2. The Hall–Kier alpha value is -3.86. The highest BCUT2D eigenvalue weighted by molar-refractivity contribution is 5.92. The minimum atomic E-state index is -0.799. The van der Waals surface area contributed by atoms with Crippen LogP contribution in [0.3, 0.4) is 0 Å². The van der Waals surface area contributed by atoms with Gasteiger partial charge in [0, 0.05) is 60.9 Å². The number of fused-ring (bicyclic) bond motifs is 2. The average molecular weight is 525 g/mol. The van der Waals surface area contributed by atoms with Crippen molar-refractivity contribution in [2.24, 2.45) is 0 Å². The van der Waals surface area contributed by atoms with Crippen LogP contribution in [0.4, 0.5) is 0 Å². The van der Waals surface area contributed by atoms with E-state index in [2.05, 4.69) is 20.6 Å². The predicted molar refractivity (Wildman–Crippen MR) is 146 cm³/mol. The summed E-state index contributed by atoms with van der Waals surface area (Å²) in [5, 5.41) is 24.5. The molecule has 6 N–H and O–H groups in total. The highest BCUT2D eigenvalue weighted by atomic mass is 16.5. The SMILES string of the molecule is CCOCCOCCNC(=O)C(Cc1c[nH]c2ccc(O)cc12)NC(=O)Cc1c[nH]c2ccccc12.CO. The summed E-state index contributed by atoms with van der Waals surface area (Å²) in [7, 11) is 1.00. The summed E-state index contributed by atoms with van der Waals surface area (Å²) < 4.78 is 10.7. The molecule has 2 heterocycles. The van der Waals surface area contributed by atoms with Gasteiger partial charge in [-0.1, -0.05) is 18.2 Å². The van der Waals surface area contributed by atoms with E-state index in [1.807, 2.05) is 37.4 Å². The summed E-state index contributed by atoms with van der Waals surface area (Å²) in [6.45, 7) is 4.16.